The first kappa shape index (κ1) is 34.4. The van der Waals surface area contributed by atoms with Crippen molar-refractivity contribution in [3.63, 3.8) is 0 Å². The molecule has 0 bridgehead atoms. The van der Waals surface area contributed by atoms with Crippen LogP contribution in [0.25, 0.3) is 5.57 Å². The fourth-order valence-corrected chi connectivity index (χ4v) is 6.75. The Labute approximate surface area is 307 Å². The number of Topliss-reactive ketones (excluding diaryl/α,β-unsaturated/α-hetero) is 1. The molecular weight excluding hydrogens is 637 g/mol. The van der Waals surface area contributed by atoms with Gasteiger partial charge in [0.1, 0.15) is 5.76 Å². The molecule has 4 nitrogen and oxygen atoms in total. The van der Waals surface area contributed by atoms with E-state index in [0.29, 0.717) is 11.1 Å². The summed E-state index contributed by atoms with van der Waals surface area (Å²) >= 11 is 0. The van der Waals surface area contributed by atoms with Crippen LogP contribution in [0.2, 0.25) is 0 Å². The van der Waals surface area contributed by atoms with E-state index in [9.17, 15) is 9.90 Å². The lowest BCUT2D eigenvalue weighted by Crippen LogP contribution is -2.24. The lowest BCUT2D eigenvalue weighted by Gasteiger charge is -2.27. The molecular formula is C48H45N2O2+. The van der Waals surface area contributed by atoms with Gasteiger partial charge in [-0.15, -0.1) is 0 Å². The number of aliphatic hydroxyl groups excluding tert-OH is 1. The summed E-state index contributed by atoms with van der Waals surface area (Å²) in [5.41, 5.74) is 14.2. The van der Waals surface area contributed by atoms with E-state index in [4.69, 9.17) is 0 Å². The van der Waals surface area contributed by atoms with Gasteiger partial charge in [0.15, 0.2) is 13.1 Å². The van der Waals surface area contributed by atoms with Crippen molar-refractivity contribution in [2.45, 2.75) is 53.9 Å². The minimum Gasteiger partial charge on any atom is -0.506 e. The highest BCUT2D eigenvalue weighted by Crippen LogP contribution is 2.39. The first-order chi connectivity index (χ1) is 25.2. The summed E-state index contributed by atoms with van der Waals surface area (Å²) in [6, 6.07) is 42.6. The third-order valence-corrected chi connectivity index (χ3v) is 9.95. The molecule has 0 aromatic heterocycles. The number of rotatable bonds is 10. The van der Waals surface area contributed by atoms with E-state index in [1.165, 1.54) is 44.5 Å². The number of hydrogen-bond acceptors (Lipinski definition) is 3. The summed E-state index contributed by atoms with van der Waals surface area (Å²) in [6.07, 6.45) is 8.00. The second kappa shape index (κ2) is 15.1. The number of hydrogen-bond donors (Lipinski definition) is 1. The number of benzene rings is 5. The number of carbonyl (C=O) groups excluding carboxylic acids is 1. The molecule has 0 heterocycles. The van der Waals surface area contributed by atoms with Crippen molar-refractivity contribution in [2.75, 3.05) is 4.90 Å². The van der Waals surface area contributed by atoms with Gasteiger partial charge in [0, 0.05) is 42.1 Å². The van der Waals surface area contributed by atoms with Gasteiger partial charge in [0.05, 0.1) is 11.1 Å². The largest absolute Gasteiger partial charge is 0.506 e. The highest BCUT2D eigenvalue weighted by Gasteiger charge is 2.36. The first-order valence-corrected chi connectivity index (χ1v) is 18.0. The number of aryl methyl sites for hydroxylation is 4. The van der Waals surface area contributed by atoms with Crippen molar-refractivity contribution in [1.29, 1.82) is 0 Å². The van der Waals surface area contributed by atoms with Crippen molar-refractivity contribution in [3.05, 3.63) is 213 Å². The number of nitrogens with zero attached hydrogens (tertiary/aromatic N) is 2. The topological polar surface area (TPSA) is 43.5 Å². The van der Waals surface area contributed by atoms with E-state index in [2.05, 4.69) is 159 Å². The standard InChI is InChI=1S/C48H44N2O2/c1-33-5-13-37(14-6-33)29-49(30-38-15-7-34(2)8-16-38)43-25-21-41(22-26-43)45-47(51)46(48(45)52)42-23-27-44(28-24-42)50(31-39-17-9-35(3)10-18-39)32-40-19-11-36(4)12-20-40/h5-28H,29-32H2,1-4H3/p+1. The van der Waals surface area contributed by atoms with Gasteiger partial charge < -0.3 is 10.0 Å². The molecule has 2 aliphatic rings. The van der Waals surface area contributed by atoms with E-state index in [0.717, 1.165) is 48.7 Å². The van der Waals surface area contributed by atoms with Crippen LogP contribution < -0.4 is 4.90 Å². The maximum Gasteiger partial charge on any atom is 0.201 e. The van der Waals surface area contributed by atoms with Crippen LogP contribution in [-0.4, -0.2) is 21.2 Å². The van der Waals surface area contributed by atoms with Gasteiger partial charge in [0.25, 0.3) is 0 Å². The predicted octanol–water partition coefficient (Wildman–Crippen LogP) is 10.3. The van der Waals surface area contributed by atoms with Gasteiger partial charge in [-0.1, -0.05) is 131 Å². The average molecular weight is 682 g/mol. The van der Waals surface area contributed by atoms with Crippen molar-refractivity contribution in [3.8, 4) is 0 Å². The normalized spacial score (nSPS) is 13.8. The van der Waals surface area contributed by atoms with Gasteiger partial charge >= 0.3 is 0 Å². The molecule has 258 valence electrons. The molecule has 5 aromatic rings. The van der Waals surface area contributed by atoms with Crippen LogP contribution in [0.3, 0.4) is 0 Å². The molecule has 0 spiro atoms. The van der Waals surface area contributed by atoms with E-state index in [1.807, 2.05) is 24.3 Å². The first-order valence-electron chi connectivity index (χ1n) is 18.0. The molecule has 4 heteroatoms. The van der Waals surface area contributed by atoms with E-state index in [1.54, 1.807) is 0 Å². The quantitative estimate of drug-likeness (QED) is 0.118. The Balaban J connectivity index is 1.13. The fourth-order valence-electron chi connectivity index (χ4n) is 6.75. The van der Waals surface area contributed by atoms with Crippen molar-refractivity contribution < 1.29 is 14.5 Å². The van der Waals surface area contributed by atoms with Crippen molar-refractivity contribution in [1.82, 2.24) is 0 Å². The van der Waals surface area contributed by atoms with E-state index < -0.39 is 0 Å². The Morgan fingerprint density at radius 2 is 0.904 bits per heavy atom. The Bertz CT molecular complexity index is 2130. The zero-order valence-corrected chi connectivity index (χ0v) is 30.4. The van der Waals surface area contributed by atoms with Gasteiger partial charge in [-0.05, 0) is 74.2 Å². The summed E-state index contributed by atoms with van der Waals surface area (Å²) < 4.78 is 2.34. The SMILES string of the molecule is Cc1ccc(CN(Cc2ccc(C)cc2)c2ccc(C3=C(O)C(=C4C=CC(=[N+](Cc5ccc(C)cc5)Cc5ccc(C)cc5)C=C4)C3=O)cc2)cc1. The molecule has 2 aliphatic carbocycles. The summed E-state index contributed by atoms with van der Waals surface area (Å²) in [7, 11) is 0. The zero-order valence-electron chi connectivity index (χ0n) is 30.4. The molecule has 0 saturated heterocycles. The van der Waals surface area contributed by atoms with Crippen LogP contribution >= 0.6 is 0 Å². The molecule has 0 saturated carbocycles. The average Bonchev–Trinajstić information content (AvgIpc) is 3.15. The second-order valence-electron chi connectivity index (χ2n) is 14.2. The summed E-state index contributed by atoms with van der Waals surface area (Å²) in [5, 5.41) is 11.3. The summed E-state index contributed by atoms with van der Waals surface area (Å²) in [4.78, 5) is 16.0. The van der Waals surface area contributed by atoms with Gasteiger partial charge in [-0.25, -0.2) is 4.58 Å². The van der Waals surface area contributed by atoms with Gasteiger partial charge in [-0.3, -0.25) is 4.79 Å². The van der Waals surface area contributed by atoms with Crippen molar-refractivity contribution >= 4 is 22.8 Å². The van der Waals surface area contributed by atoms with E-state index >= 15 is 0 Å². The molecule has 52 heavy (non-hydrogen) atoms. The van der Waals surface area contributed by atoms with Crippen LogP contribution in [0.15, 0.2) is 163 Å². The lowest BCUT2D eigenvalue weighted by molar-refractivity contribution is -0.558. The molecule has 0 atom stereocenters. The molecule has 1 N–H and O–H groups in total. The number of aliphatic hydroxyl groups is 1. The minimum absolute atomic E-state index is 0.0535. The summed E-state index contributed by atoms with van der Waals surface area (Å²) in [6.45, 7) is 11.4. The molecule has 0 fully saturated rings. The van der Waals surface area contributed by atoms with E-state index in [-0.39, 0.29) is 11.5 Å². The molecule has 0 radical (unpaired) electrons. The van der Waals surface area contributed by atoms with Crippen LogP contribution in [0, 0.1) is 27.7 Å². The third kappa shape index (κ3) is 7.82. The molecule has 7 rings (SSSR count). The van der Waals surface area contributed by atoms with Gasteiger partial charge in [-0.2, -0.15) is 0 Å². The Kier molecular flexibility index (Phi) is 9.99. The molecule has 0 unspecified atom stereocenters. The smallest absolute Gasteiger partial charge is 0.201 e. The summed E-state index contributed by atoms with van der Waals surface area (Å²) in [5.74, 6) is -0.0804. The number of allylic oxidation sites excluding steroid dienone is 7. The van der Waals surface area contributed by atoms with Crippen LogP contribution in [0.4, 0.5) is 5.69 Å². The monoisotopic (exact) mass is 681 g/mol. The third-order valence-electron chi connectivity index (χ3n) is 9.95. The number of ketones is 1. The van der Waals surface area contributed by atoms with Crippen LogP contribution in [-0.2, 0) is 31.0 Å². The highest BCUT2D eigenvalue weighted by molar-refractivity contribution is 6.39. The fraction of sp³-hybridized carbons (Fsp3) is 0.167. The van der Waals surface area contributed by atoms with Gasteiger partial charge in [0.2, 0.25) is 11.5 Å². The van der Waals surface area contributed by atoms with Crippen LogP contribution in [0.1, 0.15) is 50.1 Å². The second-order valence-corrected chi connectivity index (χ2v) is 14.2. The lowest BCUT2D eigenvalue weighted by atomic mass is 9.80. The Morgan fingerprint density at radius 3 is 1.31 bits per heavy atom. The van der Waals surface area contributed by atoms with Crippen molar-refractivity contribution in [2.24, 2.45) is 0 Å². The maximum absolute atomic E-state index is 13.6. The minimum atomic E-state index is -0.134. The highest BCUT2D eigenvalue weighted by atomic mass is 16.3. The molecule has 5 aromatic carbocycles. The number of carbonyl (C=O) groups is 1. The molecule has 0 aliphatic heterocycles. The maximum atomic E-state index is 13.6. The number of anilines is 1. The zero-order chi connectivity index (χ0) is 36.2. The Morgan fingerprint density at radius 1 is 0.500 bits per heavy atom. The molecule has 0 amide bonds. The Hall–Kier alpha value is -6.00. The van der Waals surface area contributed by atoms with Crippen LogP contribution in [0.5, 0.6) is 0 Å². The predicted molar refractivity (Wildman–Crippen MR) is 214 cm³/mol.